The van der Waals surface area contributed by atoms with Crippen molar-refractivity contribution in [3.8, 4) is 0 Å². The highest BCUT2D eigenvalue weighted by molar-refractivity contribution is 6.00. The Bertz CT molecular complexity index is 935. The Kier molecular flexibility index (Phi) is 5.62. The topological polar surface area (TPSA) is 92.6 Å². The first-order valence-corrected chi connectivity index (χ1v) is 8.61. The van der Waals surface area contributed by atoms with Crippen LogP contribution < -0.4 is 10.2 Å². The predicted octanol–water partition coefficient (Wildman–Crippen LogP) is 2.58. The van der Waals surface area contributed by atoms with Gasteiger partial charge in [-0.1, -0.05) is 12.1 Å². The molecule has 2 aromatic carbocycles. The quantitative estimate of drug-likeness (QED) is 0.607. The molecule has 1 fully saturated rings. The molecule has 28 heavy (non-hydrogen) atoms. The van der Waals surface area contributed by atoms with Crippen molar-refractivity contribution in [2.75, 3.05) is 18.0 Å². The van der Waals surface area contributed by atoms with Crippen LogP contribution >= 0.6 is 0 Å². The number of halogens is 2. The zero-order valence-corrected chi connectivity index (χ0v) is 14.7. The first-order chi connectivity index (χ1) is 13.3. The maximum absolute atomic E-state index is 13.5. The third-order valence-corrected chi connectivity index (χ3v) is 4.54. The van der Waals surface area contributed by atoms with Crippen LogP contribution in [-0.2, 0) is 16.0 Å². The second-order valence-electron chi connectivity index (χ2n) is 6.47. The van der Waals surface area contributed by atoms with Crippen molar-refractivity contribution in [1.82, 2.24) is 5.32 Å². The average molecular weight is 389 g/mol. The number of benzene rings is 2. The van der Waals surface area contributed by atoms with Crippen LogP contribution in [0.5, 0.6) is 0 Å². The predicted molar refractivity (Wildman–Crippen MR) is 96.6 cm³/mol. The van der Waals surface area contributed by atoms with Gasteiger partial charge >= 0.3 is 5.69 Å². The molecular formula is C19H17F2N3O4. The first-order valence-electron chi connectivity index (χ1n) is 8.61. The van der Waals surface area contributed by atoms with Gasteiger partial charge in [-0.15, -0.1) is 0 Å². The van der Waals surface area contributed by atoms with Crippen LogP contribution in [-0.4, -0.2) is 29.8 Å². The number of nitro groups is 1. The molecule has 0 aromatic heterocycles. The summed E-state index contributed by atoms with van der Waals surface area (Å²) in [5, 5.41) is 13.6. The van der Waals surface area contributed by atoms with E-state index in [1.54, 1.807) is 12.1 Å². The van der Waals surface area contributed by atoms with E-state index in [1.807, 2.05) is 0 Å². The fraction of sp³-hybridized carbons (Fsp3) is 0.263. The van der Waals surface area contributed by atoms with Gasteiger partial charge in [0.15, 0.2) is 0 Å². The van der Waals surface area contributed by atoms with Gasteiger partial charge in [-0.2, -0.15) is 4.39 Å². The zero-order chi connectivity index (χ0) is 20.3. The number of nitrogens with zero attached hydrogens (tertiary/aromatic N) is 2. The Morgan fingerprint density at radius 1 is 1.25 bits per heavy atom. The van der Waals surface area contributed by atoms with Gasteiger partial charge in [0.2, 0.25) is 17.6 Å². The third-order valence-electron chi connectivity index (χ3n) is 4.54. The average Bonchev–Trinajstić information content (AvgIpc) is 3.04. The molecule has 0 saturated carbocycles. The van der Waals surface area contributed by atoms with Gasteiger partial charge in [-0.3, -0.25) is 19.7 Å². The summed E-state index contributed by atoms with van der Waals surface area (Å²) in [7, 11) is 0. The third kappa shape index (κ3) is 4.30. The molecule has 7 nitrogen and oxygen atoms in total. The standard InChI is InChI=1S/C19H17F2N3O4/c20-14-3-1-2-12(8-14)6-7-22-19(26)13-9-18(25)23(11-13)15-4-5-16(21)17(10-15)24(27)28/h1-5,8,10,13H,6-7,9,11H2,(H,22,26). The van der Waals surface area contributed by atoms with Crippen LogP contribution in [0.3, 0.4) is 0 Å². The number of carbonyl (C=O) groups excluding carboxylic acids is 2. The highest BCUT2D eigenvalue weighted by Crippen LogP contribution is 2.29. The van der Waals surface area contributed by atoms with E-state index in [9.17, 15) is 28.5 Å². The maximum atomic E-state index is 13.5. The van der Waals surface area contributed by atoms with Crippen LogP contribution in [0, 0.1) is 27.7 Å². The highest BCUT2D eigenvalue weighted by Gasteiger charge is 2.35. The number of anilines is 1. The Hall–Kier alpha value is -3.36. The van der Waals surface area contributed by atoms with Crippen molar-refractivity contribution >= 4 is 23.2 Å². The normalized spacial score (nSPS) is 16.3. The van der Waals surface area contributed by atoms with E-state index < -0.39 is 22.3 Å². The van der Waals surface area contributed by atoms with Gasteiger partial charge < -0.3 is 10.2 Å². The molecule has 1 heterocycles. The Morgan fingerprint density at radius 3 is 2.75 bits per heavy atom. The maximum Gasteiger partial charge on any atom is 0.306 e. The fourth-order valence-corrected chi connectivity index (χ4v) is 3.11. The molecule has 2 amide bonds. The molecule has 0 bridgehead atoms. The van der Waals surface area contributed by atoms with E-state index in [1.165, 1.54) is 23.1 Å². The summed E-state index contributed by atoms with van der Waals surface area (Å²) >= 11 is 0. The van der Waals surface area contributed by atoms with Gasteiger partial charge in [0.25, 0.3) is 0 Å². The van der Waals surface area contributed by atoms with Gasteiger partial charge in [0.05, 0.1) is 16.5 Å². The largest absolute Gasteiger partial charge is 0.355 e. The van der Waals surface area contributed by atoms with Crippen LogP contribution in [0.4, 0.5) is 20.2 Å². The molecule has 0 spiro atoms. The number of hydrogen-bond acceptors (Lipinski definition) is 4. The number of carbonyl (C=O) groups is 2. The lowest BCUT2D eigenvalue weighted by Crippen LogP contribution is -2.34. The molecule has 1 aliphatic rings. The Labute approximate surface area is 159 Å². The molecule has 1 aliphatic heterocycles. The second kappa shape index (κ2) is 8.12. The lowest BCUT2D eigenvalue weighted by atomic mass is 10.1. The van der Waals surface area contributed by atoms with Crippen molar-refractivity contribution in [2.24, 2.45) is 5.92 Å². The van der Waals surface area contributed by atoms with Crippen molar-refractivity contribution < 1.29 is 23.3 Å². The summed E-state index contributed by atoms with van der Waals surface area (Å²) in [6, 6.07) is 9.23. The molecule has 0 radical (unpaired) electrons. The number of hydrogen-bond donors (Lipinski definition) is 1. The molecule has 3 rings (SSSR count). The summed E-state index contributed by atoms with van der Waals surface area (Å²) < 4.78 is 26.6. The lowest BCUT2D eigenvalue weighted by molar-refractivity contribution is -0.387. The number of rotatable bonds is 6. The van der Waals surface area contributed by atoms with Crippen LogP contribution in [0.2, 0.25) is 0 Å². The molecule has 1 N–H and O–H groups in total. The Morgan fingerprint density at radius 2 is 2.04 bits per heavy atom. The molecule has 0 aliphatic carbocycles. The zero-order valence-electron chi connectivity index (χ0n) is 14.7. The number of nitro benzene ring substituents is 1. The minimum absolute atomic E-state index is 0.0447. The minimum atomic E-state index is -0.993. The molecular weight excluding hydrogens is 372 g/mol. The van der Waals surface area contributed by atoms with Gasteiger partial charge in [-0.25, -0.2) is 4.39 Å². The monoisotopic (exact) mass is 389 g/mol. The first kappa shape index (κ1) is 19.4. The van der Waals surface area contributed by atoms with Gasteiger partial charge in [0.1, 0.15) is 5.82 Å². The molecule has 9 heteroatoms. The van der Waals surface area contributed by atoms with Crippen LogP contribution in [0.15, 0.2) is 42.5 Å². The van der Waals surface area contributed by atoms with Crippen LogP contribution in [0.1, 0.15) is 12.0 Å². The molecule has 1 saturated heterocycles. The van der Waals surface area contributed by atoms with Gasteiger partial charge in [0, 0.05) is 25.6 Å². The van der Waals surface area contributed by atoms with E-state index in [0.717, 1.165) is 17.7 Å². The second-order valence-corrected chi connectivity index (χ2v) is 6.47. The lowest BCUT2D eigenvalue weighted by Gasteiger charge is -2.16. The van der Waals surface area contributed by atoms with E-state index in [4.69, 9.17) is 0 Å². The van der Waals surface area contributed by atoms with Crippen LogP contribution in [0.25, 0.3) is 0 Å². The van der Waals surface area contributed by atoms with E-state index in [-0.39, 0.29) is 42.8 Å². The summed E-state index contributed by atoms with van der Waals surface area (Å²) in [6.45, 7) is 0.336. The molecule has 1 unspecified atom stereocenters. The summed E-state index contributed by atoms with van der Waals surface area (Å²) in [4.78, 5) is 35.8. The molecule has 2 aromatic rings. The Balaban J connectivity index is 1.60. The van der Waals surface area contributed by atoms with Crippen molar-refractivity contribution in [2.45, 2.75) is 12.8 Å². The number of amides is 2. The molecule has 146 valence electrons. The summed E-state index contributed by atoms with van der Waals surface area (Å²) in [5.74, 6) is -2.67. The van der Waals surface area contributed by atoms with Crippen molar-refractivity contribution in [1.29, 1.82) is 0 Å². The number of nitrogens with one attached hydrogen (secondary N) is 1. The van der Waals surface area contributed by atoms with E-state index in [2.05, 4.69) is 5.32 Å². The molecule has 1 atom stereocenters. The van der Waals surface area contributed by atoms with E-state index in [0.29, 0.717) is 6.42 Å². The SMILES string of the molecule is O=C(NCCc1cccc(F)c1)C1CC(=O)N(c2ccc(F)c([N+](=O)[O-])c2)C1. The van der Waals surface area contributed by atoms with Crippen molar-refractivity contribution in [3.63, 3.8) is 0 Å². The highest BCUT2D eigenvalue weighted by atomic mass is 19.1. The summed E-state index contributed by atoms with van der Waals surface area (Å²) in [5.41, 5.74) is 0.185. The fourth-order valence-electron chi connectivity index (χ4n) is 3.11. The van der Waals surface area contributed by atoms with Crippen molar-refractivity contribution in [3.05, 3.63) is 69.8 Å². The van der Waals surface area contributed by atoms with Gasteiger partial charge in [-0.05, 0) is 36.2 Å². The smallest absolute Gasteiger partial charge is 0.306 e. The minimum Gasteiger partial charge on any atom is -0.355 e. The van der Waals surface area contributed by atoms with E-state index >= 15 is 0 Å². The summed E-state index contributed by atoms with van der Waals surface area (Å²) in [6.07, 6.45) is 0.398.